The SMILES string of the molecule is NCC1OCCN(C2CC2)C1c1cccc(F)c1. The molecule has 0 bridgehead atoms. The van der Waals surface area contributed by atoms with Gasteiger partial charge in [-0.25, -0.2) is 4.39 Å². The Hall–Kier alpha value is -0.970. The van der Waals surface area contributed by atoms with Crippen LogP contribution in [0.5, 0.6) is 0 Å². The van der Waals surface area contributed by atoms with Crippen molar-refractivity contribution in [3.63, 3.8) is 0 Å². The van der Waals surface area contributed by atoms with Gasteiger partial charge in [-0.15, -0.1) is 0 Å². The highest BCUT2D eigenvalue weighted by Crippen LogP contribution is 2.38. The summed E-state index contributed by atoms with van der Waals surface area (Å²) in [5.41, 5.74) is 6.79. The number of halogens is 1. The minimum atomic E-state index is -0.190. The van der Waals surface area contributed by atoms with E-state index >= 15 is 0 Å². The Bertz CT molecular complexity index is 422. The van der Waals surface area contributed by atoms with Crippen molar-refractivity contribution in [3.8, 4) is 0 Å². The van der Waals surface area contributed by atoms with Crippen molar-refractivity contribution < 1.29 is 9.13 Å². The number of hydrogen-bond acceptors (Lipinski definition) is 3. The summed E-state index contributed by atoms with van der Waals surface area (Å²) < 4.78 is 19.2. The Morgan fingerprint density at radius 2 is 2.22 bits per heavy atom. The topological polar surface area (TPSA) is 38.5 Å². The third-order valence-corrected chi connectivity index (χ3v) is 3.83. The average Bonchev–Trinajstić information content (AvgIpc) is 3.22. The van der Waals surface area contributed by atoms with Crippen LogP contribution >= 0.6 is 0 Å². The quantitative estimate of drug-likeness (QED) is 0.887. The molecule has 3 rings (SSSR count). The first kappa shape index (κ1) is 12.1. The zero-order valence-corrected chi connectivity index (χ0v) is 10.4. The van der Waals surface area contributed by atoms with Gasteiger partial charge in [-0.1, -0.05) is 12.1 Å². The van der Waals surface area contributed by atoms with Gasteiger partial charge < -0.3 is 10.5 Å². The third-order valence-electron chi connectivity index (χ3n) is 3.83. The van der Waals surface area contributed by atoms with E-state index in [1.54, 1.807) is 12.1 Å². The number of nitrogens with two attached hydrogens (primary N) is 1. The second kappa shape index (κ2) is 4.96. The number of benzene rings is 1. The maximum atomic E-state index is 13.4. The molecule has 0 aromatic heterocycles. The van der Waals surface area contributed by atoms with Crippen molar-refractivity contribution in [2.24, 2.45) is 5.73 Å². The van der Waals surface area contributed by atoms with E-state index in [2.05, 4.69) is 4.90 Å². The molecule has 1 aromatic carbocycles. The maximum Gasteiger partial charge on any atom is 0.123 e. The minimum absolute atomic E-state index is 0.0267. The molecule has 18 heavy (non-hydrogen) atoms. The van der Waals surface area contributed by atoms with E-state index in [0.29, 0.717) is 12.6 Å². The molecule has 2 aliphatic rings. The van der Waals surface area contributed by atoms with E-state index in [-0.39, 0.29) is 18.0 Å². The predicted octanol–water partition coefficient (Wildman–Crippen LogP) is 1.69. The summed E-state index contributed by atoms with van der Waals surface area (Å²) in [5.74, 6) is -0.190. The lowest BCUT2D eigenvalue weighted by Crippen LogP contribution is -2.49. The first-order valence-electron chi connectivity index (χ1n) is 6.62. The van der Waals surface area contributed by atoms with Gasteiger partial charge in [0.1, 0.15) is 5.82 Å². The van der Waals surface area contributed by atoms with E-state index in [0.717, 1.165) is 18.7 Å². The van der Waals surface area contributed by atoms with E-state index in [4.69, 9.17) is 10.5 Å². The number of rotatable bonds is 3. The van der Waals surface area contributed by atoms with Crippen LogP contribution in [0.2, 0.25) is 0 Å². The fourth-order valence-electron chi connectivity index (χ4n) is 2.86. The molecule has 1 aromatic rings. The van der Waals surface area contributed by atoms with E-state index in [1.807, 2.05) is 6.07 Å². The molecule has 2 atom stereocenters. The number of morpholine rings is 1. The van der Waals surface area contributed by atoms with Crippen LogP contribution < -0.4 is 5.73 Å². The second-order valence-electron chi connectivity index (χ2n) is 5.11. The van der Waals surface area contributed by atoms with Gasteiger partial charge >= 0.3 is 0 Å². The molecule has 3 nitrogen and oxygen atoms in total. The molecule has 0 radical (unpaired) electrons. The summed E-state index contributed by atoms with van der Waals surface area (Å²) >= 11 is 0. The molecular weight excluding hydrogens is 231 g/mol. The Balaban J connectivity index is 1.91. The van der Waals surface area contributed by atoms with E-state index in [9.17, 15) is 4.39 Å². The molecule has 4 heteroatoms. The van der Waals surface area contributed by atoms with Gasteiger partial charge in [-0.2, -0.15) is 0 Å². The summed E-state index contributed by atoms with van der Waals surface area (Å²) in [5, 5.41) is 0. The zero-order chi connectivity index (χ0) is 12.5. The number of hydrogen-bond donors (Lipinski definition) is 1. The lowest BCUT2D eigenvalue weighted by atomic mass is 9.97. The molecule has 2 N–H and O–H groups in total. The number of nitrogens with zero attached hydrogens (tertiary/aromatic N) is 1. The van der Waals surface area contributed by atoms with Gasteiger partial charge in [0.25, 0.3) is 0 Å². The monoisotopic (exact) mass is 250 g/mol. The molecule has 2 fully saturated rings. The molecule has 0 amide bonds. The summed E-state index contributed by atoms with van der Waals surface area (Å²) in [6.45, 7) is 2.12. The molecule has 2 unspecified atom stereocenters. The molecule has 1 aliphatic carbocycles. The van der Waals surface area contributed by atoms with Crippen molar-refractivity contribution in [2.75, 3.05) is 19.7 Å². The van der Waals surface area contributed by atoms with Crippen molar-refractivity contribution in [1.29, 1.82) is 0 Å². The summed E-state index contributed by atoms with van der Waals surface area (Å²) in [6, 6.07) is 7.56. The van der Waals surface area contributed by atoms with Crippen molar-refractivity contribution in [1.82, 2.24) is 4.90 Å². The van der Waals surface area contributed by atoms with Gasteiger partial charge in [0.15, 0.2) is 0 Å². The summed E-state index contributed by atoms with van der Waals surface area (Å²) in [4.78, 5) is 2.44. The van der Waals surface area contributed by atoms with Gasteiger partial charge in [0, 0.05) is 19.1 Å². The van der Waals surface area contributed by atoms with Crippen LogP contribution in [0.1, 0.15) is 24.4 Å². The van der Waals surface area contributed by atoms with Crippen LogP contribution in [0, 0.1) is 5.82 Å². The fourth-order valence-corrected chi connectivity index (χ4v) is 2.86. The highest BCUT2D eigenvalue weighted by molar-refractivity contribution is 5.23. The van der Waals surface area contributed by atoms with Gasteiger partial charge in [0.2, 0.25) is 0 Å². The minimum Gasteiger partial charge on any atom is -0.374 e. The maximum absolute atomic E-state index is 13.4. The first-order valence-corrected chi connectivity index (χ1v) is 6.62. The number of ether oxygens (including phenoxy) is 1. The molecule has 1 saturated heterocycles. The van der Waals surface area contributed by atoms with Crippen LogP contribution in [0.4, 0.5) is 4.39 Å². The van der Waals surface area contributed by atoms with Crippen LogP contribution in [0.25, 0.3) is 0 Å². The van der Waals surface area contributed by atoms with Crippen molar-refractivity contribution in [3.05, 3.63) is 35.6 Å². The van der Waals surface area contributed by atoms with Gasteiger partial charge in [-0.3, -0.25) is 4.90 Å². The van der Waals surface area contributed by atoms with E-state index < -0.39 is 0 Å². The Labute approximate surface area is 107 Å². The molecule has 1 heterocycles. The normalized spacial score (nSPS) is 29.4. The van der Waals surface area contributed by atoms with E-state index in [1.165, 1.54) is 18.9 Å². The first-order chi connectivity index (χ1) is 8.79. The van der Waals surface area contributed by atoms with Crippen LogP contribution in [0.15, 0.2) is 24.3 Å². The summed E-state index contributed by atoms with van der Waals surface area (Å²) in [6.07, 6.45) is 2.45. The molecule has 0 spiro atoms. The predicted molar refractivity (Wildman–Crippen MR) is 67.7 cm³/mol. The highest BCUT2D eigenvalue weighted by Gasteiger charge is 2.40. The van der Waals surface area contributed by atoms with Crippen LogP contribution in [-0.2, 0) is 4.74 Å². The second-order valence-corrected chi connectivity index (χ2v) is 5.11. The Morgan fingerprint density at radius 3 is 2.89 bits per heavy atom. The Kier molecular flexibility index (Phi) is 3.33. The van der Waals surface area contributed by atoms with Gasteiger partial charge in [0.05, 0.1) is 18.8 Å². The van der Waals surface area contributed by atoms with Crippen LogP contribution in [0.3, 0.4) is 0 Å². The molecule has 98 valence electrons. The molecule has 1 aliphatic heterocycles. The standard InChI is InChI=1S/C14H19FN2O/c15-11-3-1-2-10(8-11)14-13(9-16)18-7-6-17(14)12-4-5-12/h1-3,8,12-14H,4-7,9,16H2. The average molecular weight is 250 g/mol. The smallest absolute Gasteiger partial charge is 0.123 e. The summed E-state index contributed by atoms with van der Waals surface area (Å²) in [7, 11) is 0. The largest absolute Gasteiger partial charge is 0.374 e. The van der Waals surface area contributed by atoms with Crippen molar-refractivity contribution >= 4 is 0 Å². The molecular formula is C14H19FN2O. The van der Waals surface area contributed by atoms with Crippen LogP contribution in [-0.4, -0.2) is 36.7 Å². The highest BCUT2D eigenvalue weighted by atomic mass is 19.1. The fraction of sp³-hybridized carbons (Fsp3) is 0.571. The molecule has 1 saturated carbocycles. The third kappa shape index (κ3) is 2.28. The Morgan fingerprint density at radius 1 is 1.39 bits per heavy atom. The lowest BCUT2D eigenvalue weighted by molar-refractivity contribution is -0.0713. The van der Waals surface area contributed by atoms with Gasteiger partial charge in [-0.05, 0) is 30.5 Å². The lowest BCUT2D eigenvalue weighted by Gasteiger charge is -2.41. The van der Waals surface area contributed by atoms with Crippen molar-refractivity contribution in [2.45, 2.75) is 31.0 Å². The zero-order valence-electron chi connectivity index (χ0n) is 10.4.